The van der Waals surface area contributed by atoms with E-state index < -0.39 is 0 Å². The van der Waals surface area contributed by atoms with Crippen LogP contribution in [0.1, 0.15) is 34.7 Å². The maximum atomic E-state index is 12.6. The molecule has 0 bridgehead atoms. The zero-order chi connectivity index (χ0) is 30.6. The third-order valence-electron chi connectivity index (χ3n) is 7.74. The van der Waals surface area contributed by atoms with Crippen molar-refractivity contribution in [2.24, 2.45) is 0 Å². The molecule has 3 heterocycles. The van der Waals surface area contributed by atoms with E-state index in [4.69, 9.17) is 26.7 Å². The Hall–Kier alpha value is -5.15. The van der Waals surface area contributed by atoms with Gasteiger partial charge < -0.3 is 29.6 Å². The van der Waals surface area contributed by atoms with Crippen LogP contribution in [-0.4, -0.2) is 34.3 Å². The molecule has 2 atom stereocenters. The number of para-hydroxylation sites is 1. The van der Waals surface area contributed by atoms with Crippen LogP contribution in [0.2, 0.25) is 0 Å². The third-order valence-corrected chi connectivity index (χ3v) is 8.06. The number of nitrogens with zero attached hydrogens (tertiary/aromatic N) is 3. The maximum absolute atomic E-state index is 12.6. The molecule has 1 amide bonds. The summed E-state index contributed by atoms with van der Waals surface area (Å²) >= 11 is 5.95. The summed E-state index contributed by atoms with van der Waals surface area (Å²) < 4.78 is 13.3. The van der Waals surface area contributed by atoms with Crippen molar-refractivity contribution in [1.82, 2.24) is 14.9 Å². The Morgan fingerprint density at radius 2 is 1.66 bits per heavy atom. The molecule has 44 heavy (non-hydrogen) atoms. The van der Waals surface area contributed by atoms with Gasteiger partial charge in [0.1, 0.15) is 11.5 Å². The number of hydrogen-bond donors (Lipinski definition) is 2. The first kappa shape index (κ1) is 28.9. The van der Waals surface area contributed by atoms with Gasteiger partial charge in [-0.15, -0.1) is 0 Å². The number of ether oxygens (including phenoxy) is 2. The van der Waals surface area contributed by atoms with Gasteiger partial charge in [0.05, 0.1) is 24.9 Å². The normalized spacial score (nSPS) is 16.0. The lowest BCUT2D eigenvalue weighted by molar-refractivity contribution is -0.118. The molecule has 6 rings (SSSR count). The number of thiocarbonyl (C=S) groups is 1. The molecule has 1 aliphatic heterocycles. The number of pyridine rings is 1. The molecule has 222 valence electrons. The average molecular weight is 604 g/mol. The van der Waals surface area contributed by atoms with Crippen molar-refractivity contribution in [3.05, 3.63) is 132 Å². The molecule has 8 nitrogen and oxygen atoms in total. The number of methoxy groups -OCH3 is 1. The van der Waals surface area contributed by atoms with Crippen molar-refractivity contribution in [2.75, 3.05) is 23.9 Å². The van der Waals surface area contributed by atoms with E-state index in [-0.39, 0.29) is 24.6 Å². The van der Waals surface area contributed by atoms with E-state index in [0.717, 1.165) is 39.8 Å². The smallest absolute Gasteiger partial charge is 0.262 e. The van der Waals surface area contributed by atoms with Gasteiger partial charge in [0.25, 0.3) is 5.91 Å². The summed E-state index contributed by atoms with van der Waals surface area (Å²) in [4.78, 5) is 19.4. The molecule has 0 radical (unpaired) electrons. The predicted octanol–water partition coefficient (Wildman–Crippen LogP) is 6.69. The highest BCUT2D eigenvalue weighted by Crippen LogP contribution is 2.44. The molecular formula is C35H33N5O3S. The summed E-state index contributed by atoms with van der Waals surface area (Å²) in [6.07, 6.45) is 1.80. The molecule has 1 aliphatic rings. The maximum Gasteiger partial charge on any atom is 0.262 e. The number of hydrogen-bond acceptors (Lipinski definition) is 5. The first-order chi connectivity index (χ1) is 21.4. The number of amides is 1. The number of aromatic nitrogens is 2. The van der Waals surface area contributed by atoms with Crippen LogP contribution in [0.4, 0.5) is 11.4 Å². The van der Waals surface area contributed by atoms with Gasteiger partial charge in [0.15, 0.2) is 11.7 Å². The topological polar surface area (TPSA) is 80.7 Å². The fourth-order valence-corrected chi connectivity index (χ4v) is 6.10. The van der Waals surface area contributed by atoms with E-state index >= 15 is 0 Å². The summed E-state index contributed by atoms with van der Waals surface area (Å²) in [7, 11) is 1.68. The predicted molar refractivity (Wildman–Crippen MR) is 177 cm³/mol. The summed E-state index contributed by atoms with van der Waals surface area (Å²) in [5.41, 5.74) is 6.81. The number of benzene rings is 3. The number of carbonyl (C=O) groups is 1. The summed E-state index contributed by atoms with van der Waals surface area (Å²) in [5, 5.41) is 7.05. The fraction of sp³-hybridized carbons (Fsp3) is 0.171. The minimum Gasteiger partial charge on any atom is -0.497 e. The van der Waals surface area contributed by atoms with Crippen LogP contribution in [0.25, 0.3) is 5.69 Å². The van der Waals surface area contributed by atoms with Gasteiger partial charge in [-0.1, -0.05) is 30.3 Å². The number of rotatable bonds is 9. The Labute approximate surface area is 262 Å². The molecule has 1 saturated heterocycles. The lowest BCUT2D eigenvalue weighted by Gasteiger charge is -2.28. The van der Waals surface area contributed by atoms with Gasteiger partial charge in [0, 0.05) is 40.7 Å². The SMILES string of the molecule is COc1cccc(-n2c(C)cc([C@@H]3[C@@H](c4ccccn4)NC(=S)N3c3ccc(NC(=O)COc4ccccc4)cc3)c2C)c1. The van der Waals surface area contributed by atoms with E-state index in [1.54, 1.807) is 13.3 Å². The molecule has 5 aromatic rings. The number of anilines is 2. The number of carbonyl (C=O) groups excluding carboxylic acids is 1. The largest absolute Gasteiger partial charge is 0.497 e. The van der Waals surface area contributed by atoms with Crippen molar-refractivity contribution in [1.29, 1.82) is 0 Å². The van der Waals surface area contributed by atoms with Crippen molar-refractivity contribution in [3.63, 3.8) is 0 Å². The van der Waals surface area contributed by atoms with Gasteiger partial charge in [-0.05, 0) is 98.4 Å². The molecule has 0 unspecified atom stereocenters. The Bertz CT molecular complexity index is 1770. The molecule has 2 aromatic heterocycles. The highest BCUT2D eigenvalue weighted by Gasteiger charge is 2.42. The second kappa shape index (κ2) is 12.6. The molecule has 0 saturated carbocycles. The Balaban J connectivity index is 1.31. The zero-order valence-electron chi connectivity index (χ0n) is 24.7. The molecule has 3 aromatic carbocycles. The molecule has 0 aliphatic carbocycles. The van der Waals surface area contributed by atoms with E-state index in [1.807, 2.05) is 91.0 Å². The molecule has 2 N–H and O–H groups in total. The van der Waals surface area contributed by atoms with Gasteiger partial charge in [0.2, 0.25) is 0 Å². The summed E-state index contributed by atoms with van der Waals surface area (Å²) in [6, 6.07) is 32.8. The van der Waals surface area contributed by atoms with Crippen molar-refractivity contribution >= 4 is 34.6 Å². The Morgan fingerprint density at radius 3 is 2.39 bits per heavy atom. The van der Waals surface area contributed by atoms with Crippen LogP contribution < -0.4 is 25.0 Å². The van der Waals surface area contributed by atoms with E-state index in [0.29, 0.717) is 16.5 Å². The van der Waals surface area contributed by atoms with Crippen LogP contribution in [-0.2, 0) is 4.79 Å². The van der Waals surface area contributed by atoms with Crippen LogP contribution >= 0.6 is 12.2 Å². The minimum atomic E-state index is -0.238. The minimum absolute atomic E-state index is 0.0807. The fourth-order valence-electron chi connectivity index (χ4n) is 5.75. The van der Waals surface area contributed by atoms with Crippen LogP contribution in [0, 0.1) is 13.8 Å². The van der Waals surface area contributed by atoms with E-state index in [1.165, 1.54) is 0 Å². The number of aryl methyl sites for hydroxylation is 1. The Kier molecular flexibility index (Phi) is 8.29. The van der Waals surface area contributed by atoms with E-state index in [9.17, 15) is 4.79 Å². The highest BCUT2D eigenvalue weighted by molar-refractivity contribution is 7.80. The highest BCUT2D eigenvalue weighted by atomic mass is 32.1. The lowest BCUT2D eigenvalue weighted by Crippen LogP contribution is -2.29. The number of nitrogens with one attached hydrogen (secondary N) is 2. The van der Waals surface area contributed by atoms with Crippen molar-refractivity contribution in [3.8, 4) is 17.2 Å². The van der Waals surface area contributed by atoms with Crippen molar-refractivity contribution < 1.29 is 14.3 Å². The van der Waals surface area contributed by atoms with Gasteiger partial charge in [-0.3, -0.25) is 9.78 Å². The van der Waals surface area contributed by atoms with Crippen LogP contribution in [0.5, 0.6) is 11.5 Å². The molecule has 1 fully saturated rings. The molecule has 0 spiro atoms. The van der Waals surface area contributed by atoms with Gasteiger partial charge >= 0.3 is 0 Å². The van der Waals surface area contributed by atoms with Crippen molar-refractivity contribution in [2.45, 2.75) is 25.9 Å². The third kappa shape index (κ3) is 5.87. The summed E-state index contributed by atoms with van der Waals surface area (Å²) in [6.45, 7) is 4.16. The Morgan fingerprint density at radius 1 is 0.909 bits per heavy atom. The molecular weight excluding hydrogens is 570 g/mol. The van der Waals surface area contributed by atoms with Crippen LogP contribution in [0.3, 0.4) is 0 Å². The first-order valence-electron chi connectivity index (χ1n) is 14.3. The standard InChI is InChI=1S/C35H33N5O3S/c1-23-20-30(24(2)39(23)27-10-9-13-29(21-27)42-3)34-33(31-14-7-8-19-36-31)38-35(44)40(34)26-17-15-25(16-18-26)37-32(41)22-43-28-11-5-4-6-12-28/h4-21,33-34H,22H2,1-3H3,(H,37,41)(H,38,44)/t33-,34-/m1/s1. The summed E-state index contributed by atoms with van der Waals surface area (Å²) in [5.74, 6) is 1.21. The van der Waals surface area contributed by atoms with E-state index in [2.05, 4.69) is 46.1 Å². The molecule has 9 heteroatoms. The quantitative estimate of drug-likeness (QED) is 0.182. The zero-order valence-corrected chi connectivity index (χ0v) is 25.5. The first-order valence-corrected chi connectivity index (χ1v) is 14.8. The second-order valence-electron chi connectivity index (χ2n) is 10.6. The van der Waals surface area contributed by atoms with Gasteiger partial charge in [-0.25, -0.2) is 0 Å². The monoisotopic (exact) mass is 603 g/mol. The average Bonchev–Trinajstić information content (AvgIpc) is 3.55. The second-order valence-corrected chi connectivity index (χ2v) is 10.9. The van der Waals surface area contributed by atoms with Gasteiger partial charge in [-0.2, -0.15) is 0 Å². The van der Waals surface area contributed by atoms with Crippen LogP contribution in [0.15, 0.2) is 109 Å². The lowest BCUT2D eigenvalue weighted by atomic mass is 9.96.